The molecule has 1 rings (SSSR count). The lowest BCUT2D eigenvalue weighted by Gasteiger charge is -2.19. The number of halogens is 1. The van der Waals surface area contributed by atoms with Crippen LogP contribution in [-0.4, -0.2) is 31.0 Å². The standard InChI is InChI=1S/C12H16BrN3O3/c1-9(17)14-6-3-7-15(2)12-8-10(13)4-5-11(12)16(18)19/h4-5,8H,3,6-7H2,1-2H3,(H,14,17). The summed E-state index contributed by atoms with van der Waals surface area (Å²) in [6.07, 6.45) is 0.722. The van der Waals surface area contributed by atoms with Gasteiger partial charge in [-0.3, -0.25) is 14.9 Å². The van der Waals surface area contributed by atoms with Crippen LogP contribution in [0, 0.1) is 10.1 Å². The largest absolute Gasteiger partial charge is 0.369 e. The van der Waals surface area contributed by atoms with Crippen LogP contribution in [0.25, 0.3) is 0 Å². The fourth-order valence-electron chi connectivity index (χ4n) is 1.66. The average Bonchev–Trinajstić information content (AvgIpc) is 2.33. The summed E-state index contributed by atoms with van der Waals surface area (Å²) >= 11 is 3.31. The maximum atomic E-state index is 11.0. The van der Waals surface area contributed by atoms with Gasteiger partial charge in [-0.15, -0.1) is 0 Å². The van der Waals surface area contributed by atoms with E-state index in [-0.39, 0.29) is 11.6 Å². The molecule has 0 aliphatic heterocycles. The Labute approximate surface area is 120 Å². The Balaban J connectivity index is 2.70. The first kappa shape index (κ1) is 15.4. The minimum atomic E-state index is -0.397. The third-order valence-electron chi connectivity index (χ3n) is 2.59. The number of anilines is 1. The molecule has 0 atom stereocenters. The summed E-state index contributed by atoms with van der Waals surface area (Å²) in [6, 6.07) is 4.84. The van der Waals surface area contributed by atoms with Crippen molar-refractivity contribution in [2.75, 3.05) is 25.0 Å². The van der Waals surface area contributed by atoms with Gasteiger partial charge in [0.25, 0.3) is 5.69 Å². The zero-order valence-electron chi connectivity index (χ0n) is 10.9. The van der Waals surface area contributed by atoms with Gasteiger partial charge in [0.15, 0.2) is 0 Å². The number of hydrogen-bond acceptors (Lipinski definition) is 4. The van der Waals surface area contributed by atoms with Gasteiger partial charge in [-0.05, 0) is 18.6 Å². The summed E-state index contributed by atoms with van der Waals surface area (Å²) in [6.45, 7) is 2.64. The minimum absolute atomic E-state index is 0.0731. The minimum Gasteiger partial charge on any atom is -0.369 e. The zero-order valence-corrected chi connectivity index (χ0v) is 12.4. The molecule has 0 fully saturated rings. The van der Waals surface area contributed by atoms with E-state index in [4.69, 9.17) is 0 Å². The quantitative estimate of drug-likeness (QED) is 0.493. The van der Waals surface area contributed by atoms with Crippen molar-refractivity contribution in [2.45, 2.75) is 13.3 Å². The van der Waals surface area contributed by atoms with E-state index in [2.05, 4.69) is 21.2 Å². The van der Waals surface area contributed by atoms with Gasteiger partial charge in [-0.1, -0.05) is 15.9 Å². The average molecular weight is 330 g/mol. The molecule has 0 aromatic heterocycles. The van der Waals surface area contributed by atoms with Gasteiger partial charge in [0.1, 0.15) is 5.69 Å². The lowest BCUT2D eigenvalue weighted by molar-refractivity contribution is -0.384. The van der Waals surface area contributed by atoms with Gasteiger partial charge >= 0.3 is 0 Å². The fraction of sp³-hybridized carbons (Fsp3) is 0.417. The number of nitro benzene ring substituents is 1. The molecule has 0 radical (unpaired) electrons. The lowest BCUT2D eigenvalue weighted by atomic mass is 10.2. The van der Waals surface area contributed by atoms with Crippen LogP contribution >= 0.6 is 15.9 Å². The molecular weight excluding hydrogens is 314 g/mol. The molecule has 19 heavy (non-hydrogen) atoms. The molecule has 0 saturated heterocycles. The van der Waals surface area contributed by atoms with Crippen molar-refractivity contribution >= 4 is 33.2 Å². The molecule has 0 saturated carbocycles. The molecule has 1 aromatic rings. The Hall–Kier alpha value is -1.63. The van der Waals surface area contributed by atoms with E-state index < -0.39 is 4.92 Å². The highest BCUT2D eigenvalue weighted by Crippen LogP contribution is 2.30. The molecule has 7 heteroatoms. The highest BCUT2D eigenvalue weighted by Gasteiger charge is 2.16. The summed E-state index contributed by atoms with van der Waals surface area (Å²) < 4.78 is 0.793. The summed E-state index contributed by atoms with van der Waals surface area (Å²) in [7, 11) is 1.79. The topological polar surface area (TPSA) is 75.5 Å². The molecule has 0 bridgehead atoms. The molecule has 1 aromatic carbocycles. The van der Waals surface area contributed by atoms with Crippen LogP contribution in [0.5, 0.6) is 0 Å². The van der Waals surface area contributed by atoms with E-state index >= 15 is 0 Å². The van der Waals surface area contributed by atoms with E-state index in [0.29, 0.717) is 18.8 Å². The van der Waals surface area contributed by atoms with Crippen LogP contribution in [0.4, 0.5) is 11.4 Å². The van der Waals surface area contributed by atoms with Crippen molar-refractivity contribution in [1.82, 2.24) is 5.32 Å². The van der Waals surface area contributed by atoms with E-state index in [0.717, 1.165) is 10.9 Å². The summed E-state index contributed by atoms with van der Waals surface area (Å²) in [5.41, 5.74) is 0.632. The zero-order chi connectivity index (χ0) is 14.4. The van der Waals surface area contributed by atoms with Gasteiger partial charge in [-0.2, -0.15) is 0 Å². The van der Waals surface area contributed by atoms with Crippen LogP contribution in [0.3, 0.4) is 0 Å². The van der Waals surface area contributed by atoms with Crippen LogP contribution in [0.15, 0.2) is 22.7 Å². The molecule has 0 spiro atoms. The molecular formula is C12H16BrN3O3. The van der Waals surface area contributed by atoms with Crippen molar-refractivity contribution in [3.63, 3.8) is 0 Å². The first-order valence-electron chi connectivity index (χ1n) is 5.81. The number of nitrogens with zero attached hydrogens (tertiary/aromatic N) is 2. The smallest absolute Gasteiger partial charge is 0.292 e. The normalized spacial score (nSPS) is 10.1. The van der Waals surface area contributed by atoms with Gasteiger partial charge in [-0.25, -0.2) is 0 Å². The Morgan fingerprint density at radius 3 is 2.79 bits per heavy atom. The SMILES string of the molecule is CC(=O)NCCCN(C)c1cc(Br)ccc1[N+](=O)[O-]. The monoisotopic (exact) mass is 329 g/mol. The Kier molecular flexibility index (Phi) is 5.75. The predicted octanol–water partition coefficient (Wildman–Crippen LogP) is 2.32. The van der Waals surface area contributed by atoms with Crippen molar-refractivity contribution in [3.05, 3.63) is 32.8 Å². The van der Waals surface area contributed by atoms with E-state index in [9.17, 15) is 14.9 Å². The number of carbonyl (C=O) groups excluding carboxylic acids is 1. The Morgan fingerprint density at radius 2 is 2.21 bits per heavy atom. The van der Waals surface area contributed by atoms with Crippen LogP contribution in [0.1, 0.15) is 13.3 Å². The van der Waals surface area contributed by atoms with Crippen molar-refractivity contribution in [1.29, 1.82) is 0 Å². The second-order valence-electron chi connectivity index (χ2n) is 4.15. The molecule has 1 N–H and O–H groups in total. The van der Waals surface area contributed by atoms with Crippen LogP contribution in [-0.2, 0) is 4.79 Å². The molecule has 0 unspecified atom stereocenters. The van der Waals surface area contributed by atoms with Gasteiger partial charge in [0.05, 0.1) is 4.92 Å². The van der Waals surface area contributed by atoms with E-state index in [1.54, 1.807) is 19.2 Å². The van der Waals surface area contributed by atoms with E-state index in [1.165, 1.54) is 13.0 Å². The summed E-state index contributed by atoms with van der Waals surface area (Å²) in [5.74, 6) is -0.0731. The van der Waals surface area contributed by atoms with E-state index in [1.807, 2.05) is 4.90 Å². The van der Waals surface area contributed by atoms with Crippen molar-refractivity contribution in [3.8, 4) is 0 Å². The number of hydrogen-bond donors (Lipinski definition) is 1. The second kappa shape index (κ2) is 7.08. The van der Waals surface area contributed by atoms with Crippen LogP contribution in [0.2, 0.25) is 0 Å². The van der Waals surface area contributed by atoms with Gasteiger partial charge < -0.3 is 10.2 Å². The van der Waals surface area contributed by atoms with Crippen molar-refractivity contribution in [2.24, 2.45) is 0 Å². The molecule has 0 aliphatic carbocycles. The summed E-state index contributed by atoms with van der Waals surface area (Å²) in [4.78, 5) is 23.1. The molecule has 1 amide bonds. The predicted molar refractivity (Wildman–Crippen MR) is 77.4 cm³/mol. The summed E-state index contributed by atoms with van der Waals surface area (Å²) in [5, 5.41) is 13.7. The third-order valence-corrected chi connectivity index (χ3v) is 3.08. The number of nitro groups is 1. The highest BCUT2D eigenvalue weighted by atomic mass is 79.9. The number of rotatable bonds is 6. The second-order valence-corrected chi connectivity index (χ2v) is 5.06. The maximum Gasteiger partial charge on any atom is 0.292 e. The third kappa shape index (κ3) is 4.86. The number of benzene rings is 1. The lowest BCUT2D eigenvalue weighted by Crippen LogP contribution is -2.26. The van der Waals surface area contributed by atoms with Crippen molar-refractivity contribution < 1.29 is 9.72 Å². The molecule has 6 nitrogen and oxygen atoms in total. The fourth-order valence-corrected chi connectivity index (χ4v) is 2.01. The highest BCUT2D eigenvalue weighted by molar-refractivity contribution is 9.10. The first-order valence-corrected chi connectivity index (χ1v) is 6.60. The molecule has 0 heterocycles. The van der Waals surface area contributed by atoms with Gasteiger partial charge in [0, 0.05) is 37.6 Å². The number of amides is 1. The number of nitrogens with one attached hydrogen (secondary N) is 1. The Bertz CT molecular complexity index is 479. The Morgan fingerprint density at radius 1 is 1.53 bits per heavy atom. The maximum absolute atomic E-state index is 11.0. The van der Waals surface area contributed by atoms with Crippen LogP contribution < -0.4 is 10.2 Å². The molecule has 104 valence electrons. The number of carbonyl (C=O) groups is 1. The molecule has 0 aliphatic rings. The first-order chi connectivity index (χ1) is 8.91. The van der Waals surface area contributed by atoms with Gasteiger partial charge in [0.2, 0.25) is 5.91 Å².